The molecule has 4 nitrogen and oxygen atoms in total. The summed E-state index contributed by atoms with van der Waals surface area (Å²) in [6, 6.07) is 5.58. The van der Waals surface area contributed by atoms with Gasteiger partial charge >= 0.3 is 0 Å². The van der Waals surface area contributed by atoms with E-state index in [0.717, 1.165) is 22.4 Å². The maximum atomic E-state index is 6.11. The van der Waals surface area contributed by atoms with Gasteiger partial charge in [-0.05, 0) is 44.0 Å². The molecule has 0 atom stereocenters. The van der Waals surface area contributed by atoms with Crippen molar-refractivity contribution < 1.29 is 4.74 Å². The normalized spacial score (nSPS) is 10.6. The Balaban J connectivity index is 2.43. The predicted octanol–water partition coefficient (Wildman–Crippen LogP) is 3.31. The number of aryl methyl sites for hydroxylation is 2. The molecule has 0 radical (unpaired) electrons. The lowest BCUT2D eigenvalue weighted by Crippen LogP contribution is -2.07. The number of aromatic nitrogens is 2. The summed E-state index contributed by atoms with van der Waals surface area (Å²) in [6.07, 6.45) is 0. The van der Waals surface area contributed by atoms with Crippen LogP contribution in [0.15, 0.2) is 18.2 Å². The van der Waals surface area contributed by atoms with Crippen molar-refractivity contribution >= 4 is 11.6 Å². The molecule has 2 rings (SSSR count). The number of benzene rings is 1. The Morgan fingerprint density at radius 2 is 1.95 bits per heavy atom. The Labute approximate surface area is 117 Å². The number of rotatable bonds is 3. The van der Waals surface area contributed by atoms with Crippen LogP contribution in [0, 0.1) is 20.8 Å². The zero-order valence-electron chi connectivity index (χ0n) is 11.2. The number of hydrogen-bond donors (Lipinski definition) is 1. The van der Waals surface area contributed by atoms with E-state index in [4.69, 9.17) is 22.1 Å². The van der Waals surface area contributed by atoms with Crippen molar-refractivity contribution in [1.82, 2.24) is 10.2 Å². The zero-order chi connectivity index (χ0) is 14.0. The average molecular weight is 278 g/mol. The van der Waals surface area contributed by atoms with Crippen LogP contribution in [0.25, 0.3) is 0 Å². The summed E-state index contributed by atoms with van der Waals surface area (Å²) in [5, 5.41) is 8.66. The molecule has 0 spiro atoms. The molecule has 0 aliphatic rings. The van der Waals surface area contributed by atoms with Crippen molar-refractivity contribution in [1.29, 1.82) is 0 Å². The third-order valence-corrected chi connectivity index (χ3v) is 3.35. The van der Waals surface area contributed by atoms with Gasteiger partial charge in [-0.2, -0.15) is 5.10 Å². The minimum atomic E-state index is 0.348. The predicted molar refractivity (Wildman–Crippen MR) is 75.7 cm³/mol. The van der Waals surface area contributed by atoms with Crippen LogP contribution in [-0.2, 0) is 6.54 Å². The van der Waals surface area contributed by atoms with Crippen LogP contribution < -0.4 is 10.5 Å². The fourth-order valence-corrected chi connectivity index (χ4v) is 1.91. The summed E-state index contributed by atoms with van der Waals surface area (Å²) in [5.41, 5.74) is 9.52. The first-order chi connectivity index (χ1) is 9.02. The largest absolute Gasteiger partial charge is 0.436 e. The maximum absolute atomic E-state index is 6.11. The molecule has 0 amide bonds. The lowest BCUT2D eigenvalue weighted by Gasteiger charge is -2.13. The highest BCUT2D eigenvalue weighted by Crippen LogP contribution is 2.31. The smallest absolute Gasteiger partial charge is 0.243 e. The van der Waals surface area contributed by atoms with Gasteiger partial charge in [0, 0.05) is 12.1 Å². The van der Waals surface area contributed by atoms with Crippen molar-refractivity contribution in [3.05, 3.63) is 45.6 Å². The molecular weight excluding hydrogens is 262 g/mol. The van der Waals surface area contributed by atoms with Gasteiger partial charge in [-0.1, -0.05) is 17.7 Å². The average Bonchev–Trinajstić information content (AvgIpc) is 2.38. The molecule has 5 heteroatoms. The van der Waals surface area contributed by atoms with Crippen molar-refractivity contribution in [3.63, 3.8) is 0 Å². The third-order valence-electron chi connectivity index (χ3n) is 3.04. The van der Waals surface area contributed by atoms with Crippen LogP contribution in [0.5, 0.6) is 11.6 Å². The molecule has 0 saturated carbocycles. The minimum absolute atomic E-state index is 0.348. The van der Waals surface area contributed by atoms with Crippen molar-refractivity contribution in [2.75, 3.05) is 0 Å². The zero-order valence-corrected chi connectivity index (χ0v) is 12.0. The van der Waals surface area contributed by atoms with Crippen molar-refractivity contribution in [2.24, 2.45) is 5.73 Å². The fraction of sp³-hybridized carbons (Fsp3) is 0.286. The van der Waals surface area contributed by atoms with Gasteiger partial charge in [0.1, 0.15) is 5.75 Å². The van der Waals surface area contributed by atoms with Crippen LogP contribution in [0.2, 0.25) is 5.02 Å². The molecular formula is C14H16ClN3O. The van der Waals surface area contributed by atoms with Crippen LogP contribution in [-0.4, -0.2) is 10.2 Å². The molecule has 2 aromatic rings. The molecule has 19 heavy (non-hydrogen) atoms. The number of nitrogens with two attached hydrogens (primary N) is 1. The summed E-state index contributed by atoms with van der Waals surface area (Å²) in [4.78, 5) is 0. The fourth-order valence-electron chi connectivity index (χ4n) is 1.75. The summed E-state index contributed by atoms with van der Waals surface area (Å²) in [7, 11) is 0. The lowest BCUT2D eigenvalue weighted by molar-refractivity contribution is 0.446. The first kappa shape index (κ1) is 13.8. The number of hydrogen-bond acceptors (Lipinski definition) is 4. The second-order valence-electron chi connectivity index (χ2n) is 4.43. The van der Waals surface area contributed by atoms with Crippen molar-refractivity contribution in [2.45, 2.75) is 27.3 Å². The highest BCUT2D eigenvalue weighted by molar-refractivity contribution is 6.32. The summed E-state index contributed by atoms with van der Waals surface area (Å²) in [6.45, 7) is 6.17. The second kappa shape index (κ2) is 5.55. The topological polar surface area (TPSA) is 61.0 Å². The van der Waals surface area contributed by atoms with E-state index in [2.05, 4.69) is 10.2 Å². The Bertz CT molecular complexity index is 614. The first-order valence-electron chi connectivity index (χ1n) is 5.99. The van der Waals surface area contributed by atoms with Crippen LogP contribution in [0.3, 0.4) is 0 Å². The molecule has 0 unspecified atom stereocenters. The van der Waals surface area contributed by atoms with Gasteiger partial charge in [-0.15, -0.1) is 5.10 Å². The van der Waals surface area contributed by atoms with Gasteiger partial charge in [-0.3, -0.25) is 0 Å². The molecule has 0 aliphatic heterocycles. The van der Waals surface area contributed by atoms with Crippen LogP contribution in [0.1, 0.15) is 22.4 Å². The Hall–Kier alpha value is -1.65. The molecule has 2 N–H and O–H groups in total. The molecule has 0 fully saturated rings. The van der Waals surface area contributed by atoms with E-state index in [9.17, 15) is 0 Å². The minimum Gasteiger partial charge on any atom is -0.436 e. The molecule has 100 valence electrons. The first-order valence-corrected chi connectivity index (χ1v) is 6.37. The summed E-state index contributed by atoms with van der Waals surface area (Å²) >= 11 is 6.11. The Morgan fingerprint density at radius 1 is 1.21 bits per heavy atom. The molecule has 1 aromatic carbocycles. The van der Waals surface area contributed by atoms with E-state index in [1.807, 2.05) is 32.9 Å². The highest BCUT2D eigenvalue weighted by atomic mass is 35.5. The summed E-state index contributed by atoms with van der Waals surface area (Å²) < 4.78 is 5.76. The quantitative estimate of drug-likeness (QED) is 0.935. The number of nitrogens with zero attached hydrogens (tertiary/aromatic N) is 2. The van der Waals surface area contributed by atoms with Gasteiger partial charge in [0.05, 0.1) is 10.7 Å². The molecule has 1 aromatic heterocycles. The lowest BCUT2D eigenvalue weighted by atomic mass is 10.1. The van der Waals surface area contributed by atoms with Gasteiger partial charge < -0.3 is 10.5 Å². The van der Waals surface area contributed by atoms with E-state index in [1.54, 1.807) is 6.07 Å². The third kappa shape index (κ3) is 2.85. The van der Waals surface area contributed by atoms with E-state index < -0.39 is 0 Å². The van der Waals surface area contributed by atoms with E-state index in [1.165, 1.54) is 0 Å². The molecule has 0 saturated heterocycles. The van der Waals surface area contributed by atoms with E-state index in [0.29, 0.717) is 23.2 Å². The van der Waals surface area contributed by atoms with E-state index in [-0.39, 0.29) is 0 Å². The van der Waals surface area contributed by atoms with Gasteiger partial charge in [0.25, 0.3) is 0 Å². The van der Waals surface area contributed by atoms with Gasteiger partial charge in [0.2, 0.25) is 5.88 Å². The molecule has 0 aliphatic carbocycles. The SMILES string of the molecule is Cc1ccc(Cl)c(Oc2nnc(C)c(C)c2CN)c1. The number of ether oxygens (including phenoxy) is 1. The monoisotopic (exact) mass is 277 g/mol. The molecule has 0 bridgehead atoms. The summed E-state index contributed by atoms with van der Waals surface area (Å²) in [5.74, 6) is 0.979. The molecule has 1 heterocycles. The Kier molecular flexibility index (Phi) is 4.02. The number of halogens is 1. The highest BCUT2D eigenvalue weighted by Gasteiger charge is 2.13. The maximum Gasteiger partial charge on any atom is 0.243 e. The van der Waals surface area contributed by atoms with Gasteiger partial charge in [0.15, 0.2) is 0 Å². The standard InChI is InChI=1S/C14H16ClN3O/c1-8-4-5-12(15)13(6-8)19-14-11(7-16)9(2)10(3)17-18-14/h4-6H,7,16H2,1-3H3. The van der Waals surface area contributed by atoms with Gasteiger partial charge in [-0.25, -0.2) is 0 Å². The van der Waals surface area contributed by atoms with Crippen molar-refractivity contribution in [3.8, 4) is 11.6 Å². The Morgan fingerprint density at radius 3 is 2.63 bits per heavy atom. The second-order valence-corrected chi connectivity index (χ2v) is 4.84. The van der Waals surface area contributed by atoms with Crippen LogP contribution in [0.4, 0.5) is 0 Å². The van der Waals surface area contributed by atoms with E-state index >= 15 is 0 Å². The van der Waals surface area contributed by atoms with Crippen LogP contribution >= 0.6 is 11.6 Å².